The van der Waals surface area contributed by atoms with Gasteiger partial charge < -0.3 is 9.30 Å². The number of nitrogens with zero attached hydrogens (tertiary/aromatic N) is 2. The van der Waals surface area contributed by atoms with Crippen LogP contribution in [0, 0.1) is 0 Å². The lowest BCUT2D eigenvalue weighted by Gasteiger charge is -2.06. The van der Waals surface area contributed by atoms with Gasteiger partial charge in [-0.2, -0.15) is 0 Å². The molecule has 18 heavy (non-hydrogen) atoms. The molecule has 0 bridgehead atoms. The minimum atomic E-state index is -3.73. The van der Waals surface area contributed by atoms with Gasteiger partial charge in [0.25, 0.3) is 10.0 Å². The number of hydrogen-bond acceptors (Lipinski definition) is 4. The van der Waals surface area contributed by atoms with Crippen molar-refractivity contribution in [3.8, 4) is 0 Å². The smallest absolute Gasteiger partial charge is 0.257 e. The van der Waals surface area contributed by atoms with Crippen LogP contribution in [0.2, 0.25) is 0 Å². The second-order valence-electron chi connectivity index (χ2n) is 4.05. The van der Waals surface area contributed by atoms with Gasteiger partial charge >= 0.3 is 0 Å². The summed E-state index contributed by atoms with van der Waals surface area (Å²) in [7, 11) is -3.73. The quantitative estimate of drug-likeness (QED) is 0.714. The number of aromatic nitrogens is 2. The molecule has 104 valence electrons. The largest absolute Gasteiger partial charge is 0.380 e. The fourth-order valence-electron chi connectivity index (χ4n) is 1.55. The summed E-state index contributed by atoms with van der Waals surface area (Å²) in [6, 6.07) is 0. The van der Waals surface area contributed by atoms with Crippen LogP contribution in [0.5, 0.6) is 0 Å². The Hall–Kier alpha value is -0.920. The van der Waals surface area contributed by atoms with E-state index in [0.717, 1.165) is 19.4 Å². The summed E-state index contributed by atoms with van der Waals surface area (Å²) < 4.78 is 29.6. The van der Waals surface area contributed by atoms with Crippen LogP contribution in [0.15, 0.2) is 11.2 Å². The molecule has 0 spiro atoms. The molecular formula is C11H21N3O3S. The first-order valence-corrected chi connectivity index (χ1v) is 7.70. The van der Waals surface area contributed by atoms with E-state index in [2.05, 4.69) is 11.9 Å². The molecule has 7 heteroatoms. The first kappa shape index (κ1) is 15.1. The van der Waals surface area contributed by atoms with Gasteiger partial charge in [-0.1, -0.05) is 20.3 Å². The van der Waals surface area contributed by atoms with Crippen LogP contribution in [0.3, 0.4) is 0 Å². The summed E-state index contributed by atoms with van der Waals surface area (Å²) >= 11 is 0. The van der Waals surface area contributed by atoms with E-state index in [-0.39, 0.29) is 5.03 Å². The van der Waals surface area contributed by atoms with E-state index in [1.165, 1.54) is 6.20 Å². The van der Waals surface area contributed by atoms with Crippen molar-refractivity contribution in [2.75, 3.05) is 13.2 Å². The molecule has 1 heterocycles. The fraction of sp³-hybridized carbons (Fsp3) is 0.727. The number of sulfonamides is 1. The normalized spacial score (nSPS) is 11.9. The molecule has 1 rings (SSSR count). The lowest BCUT2D eigenvalue weighted by Crippen LogP contribution is -2.12. The van der Waals surface area contributed by atoms with E-state index in [9.17, 15) is 8.42 Å². The fourth-order valence-corrected chi connectivity index (χ4v) is 2.06. The summed E-state index contributed by atoms with van der Waals surface area (Å²) in [4.78, 5) is 4.01. The Labute approximate surface area is 108 Å². The molecule has 0 aliphatic rings. The minimum absolute atomic E-state index is 0.0760. The zero-order chi connectivity index (χ0) is 13.6. The van der Waals surface area contributed by atoms with E-state index in [1.807, 2.05) is 6.92 Å². The number of rotatable bonds is 8. The van der Waals surface area contributed by atoms with Crippen molar-refractivity contribution in [3.05, 3.63) is 12.0 Å². The molecule has 0 aliphatic heterocycles. The van der Waals surface area contributed by atoms with E-state index in [1.54, 1.807) is 4.57 Å². The molecule has 0 unspecified atom stereocenters. The standard InChI is InChI=1S/C11H21N3O3S/c1-3-5-7-17-8-6-14-9-11(18(12,15)16)13-10(14)4-2/h9H,3-8H2,1-2H3,(H2,12,15,16). The topological polar surface area (TPSA) is 87.2 Å². The van der Waals surface area contributed by atoms with Gasteiger partial charge in [-0.3, -0.25) is 0 Å². The summed E-state index contributed by atoms with van der Waals surface area (Å²) in [5, 5.41) is 4.98. The molecule has 0 aromatic carbocycles. The maximum absolute atomic E-state index is 11.2. The SMILES string of the molecule is CCCCOCCn1cc(S(N)(=O)=O)nc1CC. The van der Waals surface area contributed by atoms with E-state index in [0.29, 0.717) is 25.4 Å². The maximum atomic E-state index is 11.2. The zero-order valence-electron chi connectivity index (χ0n) is 10.9. The molecule has 2 N–H and O–H groups in total. The average molecular weight is 275 g/mol. The zero-order valence-corrected chi connectivity index (χ0v) is 11.7. The third-order valence-corrected chi connectivity index (χ3v) is 3.34. The highest BCUT2D eigenvalue weighted by molar-refractivity contribution is 7.89. The highest BCUT2D eigenvalue weighted by Gasteiger charge is 2.15. The Morgan fingerprint density at radius 3 is 2.67 bits per heavy atom. The summed E-state index contributed by atoms with van der Waals surface area (Å²) in [5.41, 5.74) is 0. The number of ether oxygens (including phenoxy) is 1. The molecule has 0 atom stereocenters. The molecule has 1 aromatic rings. The van der Waals surface area contributed by atoms with Crippen molar-refractivity contribution in [2.24, 2.45) is 5.14 Å². The molecule has 0 saturated carbocycles. The van der Waals surface area contributed by atoms with Gasteiger partial charge in [0, 0.05) is 25.8 Å². The van der Waals surface area contributed by atoms with Crippen molar-refractivity contribution in [1.82, 2.24) is 9.55 Å². The highest BCUT2D eigenvalue weighted by atomic mass is 32.2. The molecule has 0 saturated heterocycles. The number of imidazole rings is 1. The average Bonchev–Trinajstić information content (AvgIpc) is 2.72. The van der Waals surface area contributed by atoms with Crippen LogP contribution in [-0.2, 0) is 27.7 Å². The predicted octanol–water partition coefficient (Wildman–Crippen LogP) is 0.910. The Balaban J connectivity index is 2.62. The van der Waals surface area contributed by atoms with Crippen molar-refractivity contribution in [1.29, 1.82) is 0 Å². The summed E-state index contributed by atoms with van der Waals surface area (Å²) in [5.74, 6) is 0.707. The van der Waals surface area contributed by atoms with E-state index >= 15 is 0 Å². The third-order valence-electron chi connectivity index (χ3n) is 2.56. The summed E-state index contributed by atoms with van der Waals surface area (Å²) in [6.45, 7) is 5.90. The van der Waals surface area contributed by atoms with Crippen molar-refractivity contribution < 1.29 is 13.2 Å². The van der Waals surface area contributed by atoms with Gasteiger partial charge in [0.2, 0.25) is 0 Å². The first-order valence-electron chi connectivity index (χ1n) is 6.15. The molecule has 0 amide bonds. The first-order chi connectivity index (χ1) is 8.49. The molecule has 0 fully saturated rings. The van der Waals surface area contributed by atoms with Crippen LogP contribution in [-0.4, -0.2) is 31.2 Å². The number of primary sulfonamides is 1. The Morgan fingerprint density at radius 1 is 1.39 bits per heavy atom. The number of hydrogen-bond donors (Lipinski definition) is 1. The second kappa shape index (κ2) is 6.86. The van der Waals surface area contributed by atoms with Crippen molar-refractivity contribution in [2.45, 2.75) is 44.7 Å². The van der Waals surface area contributed by atoms with E-state index in [4.69, 9.17) is 9.88 Å². The van der Waals surface area contributed by atoms with Gasteiger partial charge in [0.1, 0.15) is 5.82 Å². The number of aryl methyl sites for hydroxylation is 1. The van der Waals surface area contributed by atoms with Crippen molar-refractivity contribution in [3.63, 3.8) is 0 Å². The van der Waals surface area contributed by atoms with Gasteiger partial charge in [-0.25, -0.2) is 18.5 Å². The van der Waals surface area contributed by atoms with Gasteiger partial charge in [0.05, 0.1) is 6.61 Å². The molecular weight excluding hydrogens is 254 g/mol. The van der Waals surface area contributed by atoms with Crippen LogP contribution < -0.4 is 5.14 Å². The van der Waals surface area contributed by atoms with E-state index < -0.39 is 10.0 Å². The molecule has 0 radical (unpaired) electrons. The Morgan fingerprint density at radius 2 is 2.11 bits per heavy atom. The van der Waals surface area contributed by atoms with Gasteiger partial charge in [0.15, 0.2) is 5.03 Å². The third kappa shape index (κ3) is 4.40. The lowest BCUT2D eigenvalue weighted by molar-refractivity contribution is 0.123. The second-order valence-corrected chi connectivity index (χ2v) is 5.56. The van der Waals surface area contributed by atoms with Crippen LogP contribution in [0.1, 0.15) is 32.5 Å². The summed E-state index contributed by atoms with van der Waals surface area (Å²) in [6.07, 6.45) is 4.26. The molecule has 6 nitrogen and oxygen atoms in total. The van der Waals surface area contributed by atoms with Gasteiger partial charge in [-0.15, -0.1) is 0 Å². The number of nitrogens with two attached hydrogens (primary N) is 1. The van der Waals surface area contributed by atoms with Crippen molar-refractivity contribution >= 4 is 10.0 Å². The Bertz CT molecular complexity index is 468. The Kier molecular flexibility index (Phi) is 5.77. The molecule has 0 aliphatic carbocycles. The lowest BCUT2D eigenvalue weighted by atomic mass is 10.4. The molecule has 1 aromatic heterocycles. The van der Waals surface area contributed by atoms with Crippen LogP contribution in [0.25, 0.3) is 0 Å². The monoisotopic (exact) mass is 275 g/mol. The maximum Gasteiger partial charge on any atom is 0.257 e. The number of unbranched alkanes of at least 4 members (excludes halogenated alkanes) is 1. The van der Waals surface area contributed by atoms with Gasteiger partial charge in [-0.05, 0) is 6.42 Å². The van der Waals surface area contributed by atoms with Crippen LogP contribution in [0.4, 0.5) is 0 Å². The minimum Gasteiger partial charge on any atom is -0.380 e. The predicted molar refractivity (Wildman–Crippen MR) is 68.7 cm³/mol. The highest BCUT2D eigenvalue weighted by Crippen LogP contribution is 2.08. The van der Waals surface area contributed by atoms with Crippen LogP contribution >= 0.6 is 0 Å².